The van der Waals surface area contributed by atoms with Gasteiger partial charge in [0.1, 0.15) is 0 Å². The van der Waals surface area contributed by atoms with Gasteiger partial charge in [-0.3, -0.25) is 4.79 Å². The number of carbonyl (C=O) groups is 1. The maximum absolute atomic E-state index is 10.9. The summed E-state index contributed by atoms with van der Waals surface area (Å²) in [7, 11) is 1.43. The van der Waals surface area contributed by atoms with Crippen LogP contribution in [-0.4, -0.2) is 18.8 Å². The fourth-order valence-corrected chi connectivity index (χ4v) is 2.41. The monoisotopic (exact) mass is 272 g/mol. The molecule has 0 saturated carbocycles. The number of esters is 1. The van der Waals surface area contributed by atoms with Crippen LogP contribution < -0.4 is 0 Å². The molecule has 0 aliphatic heterocycles. The number of hydrogen-bond acceptors (Lipinski definition) is 3. The van der Waals surface area contributed by atoms with Crippen molar-refractivity contribution in [1.29, 1.82) is 0 Å². The molecule has 0 bridgehead atoms. The second kappa shape index (κ2) is 8.43. The van der Waals surface area contributed by atoms with E-state index in [0.717, 1.165) is 30.0 Å². The summed E-state index contributed by atoms with van der Waals surface area (Å²) in [5.41, 5.74) is 0. The largest absolute Gasteiger partial charge is 0.469 e. The Balaban J connectivity index is 2.04. The number of carbonyl (C=O) groups excluding carboxylic acids is 1. The number of methoxy groups -OCH3 is 1. The van der Waals surface area contributed by atoms with Crippen LogP contribution in [0.5, 0.6) is 0 Å². The molecule has 0 aliphatic rings. The van der Waals surface area contributed by atoms with Gasteiger partial charge in [-0.25, -0.2) is 0 Å². The van der Waals surface area contributed by atoms with Crippen molar-refractivity contribution in [3.63, 3.8) is 0 Å². The Bertz CT molecular complexity index is 338. The van der Waals surface area contributed by atoms with Crippen molar-refractivity contribution >= 4 is 29.3 Å². The van der Waals surface area contributed by atoms with E-state index in [9.17, 15) is 4.79 Å². The molecule has 1 aromatic rings. The zero-order chi connectivity index (χ0) is 12.5. The normalized spacial score (nSPS) is 10.2. The highest BCUT2D eigenvalue weighted by atomic mass is 35.5. The van der Waals surface area contributed by atoms with E-state index in [0.29, 0.717) is 6.42 Å². The molecule has 1 aromatic carbocycles. The predicted octanol–water partition coefficient (Wildman–Crippen LogP) is 4.17. The molecule has 0 fully saturated rings. The average Bonchev–Trinajstić information content (AvgIpc) is 2.35. The van der Waals surface area contributed by atoms with Crippen molar-refractivity contribution in [2.45, 2.75) is 30.6 Å². The minimum Gasteiger partial charge on any atom is -0.469 e. The first-order valence-corrected chi connectivity index (χ1v) is 7.04. The molecule has 0 spiro atoms. The van der Waals surface area contributed by atoms with Crippen LogP contribution in [0.1, 0.15) is 25.7 Å². The molecule has 94 valence electrons. The van der Waals surface area contributed by atoms with Crippen molar-refractivity contribution in [3.05, 3.63) is 29.3 Å². The minimum absolute atomic E-state index is 0.115. The molecule has 0 atom stereocenters. The molecular formula is C13H17ClO2S. The van der Waals surface area contributed by atoms with E-state index in [1.807, 2.05) is 36.0 Å². The molecular weight excluding hydrogens is 256 g/mol. The third-order valence-electron chi connectivity index (χ3n) is 2.34. The van der Waals surface area contributed by atoms with Crippen molar-refractivity contribution in [1.82, 2.24) is 0 Å². The molecule has 0 radical (unpaired) electrons. The van der Waals surface area contributed by atoms with Gasteiger partial charge in [0.2, 0.25) is 0 Å². The number of halogens is 1. The SMILES string of the molecule is COC(=O)CCCCCSc1ccc(Cl)cc1. The number of thioether (sulfide) groups is 1. The highest BCUT2D eigenvalue weighted by Crippen LogP contribution is 2.21. The Hall–Kier alpha value is -0.670. The van der Waals surface area contributed by atoms with E-state index in [-0.39, 0.29) is 5.97 Å². The molecule has 0 heterocycles. The van der Waals surface area contributed by atoms with Crippen LogP contribution in [0, 0.1) is 0 Å². The van der Waals surface area contributed by atoms with Gasteiger partial charge in [0, 0.05) is 16.3 Å². The lowest BCUT2D eigenvalue weighted by Crippen LogP contribution is -1.99. The molecule has 2 nitrogen and oxygen atoms in total. The zero-order valence-corrected chi connectivity index (χ0v) is 11.5. The van der Waals surface area contributed by atoms with Crippen molar-refractivity contribution in [2.24, 2.45) is 0 Å². The topological polar surface area (TPSA) is 26.3 Å². The smallest absolute Gasteiger partial charge is 0.305 e. The van der Waals surface area contributed by atoms with Crippen molar-refractivity contribution in [3.8, 4) is 0 Å². The number of unbranched alkanes of at least 4 members (excludes halogenated alkanes) is 2. The first-order chi connectivity index (χ1) is 8.22. The van der Waals surface area contributed by atoms with Crippen LogP contribution in [0.2, 0.25) is 5.02 Å². The molecule has 0 saturated heterocycles. The highest BCUT2D eigenvalue weighted by Gasteiger charge is 1.99. The third-order valence-corrected chi connectivity index (χ3v) is 3.69. The van der Waals surface area contributed by atoms with Crippen molar-refractivity contribution < 1.29 is 9.53 Å². The summed E-state index contributed by atoms with van der Waals surface area (Å²) < 4.78 is 4.58. The first kappa shape index (κ1) is 14.4. The van der Waals surface area contributed by atoms with Gasteiger partial charge in [-0.1, -0.05) is 18.0 Å². The summed E-state index contributed by atoms with van der Waals surface area (Å²) in [6.45, 7) is 0. The lowest BCUT2D eigenvalue weighted by Gasteiger charge is -2.02. The quantitative estimate of drug-likeness (QED) is 0.423. The van der Waals surface area contributed by atoms with Gasteiger partial charge < -0.3 is 4.74 Å². The molecule has 17 heavy (non-hydrogen) atoms. The number of benzene rings is 1. The van der Waals surface area contributed by atoms with Gasteiger partial charge in [0.05, 0.1) is 7.11 Å². The van der Waals surface area contributed by atoms with Gasteiger partial charge in [0.25, 0.3) is 0 Å². The Morgan fingerprint density at radius 2 is 1.94 bits per heavy atom. The molecule has 0 aliphatic carbocycles. The molecule has 4 heteroatoms. The Kier molecular flexibility index (Phi) is 7.13. The Morgan fingerprint density at radius 3 is 2.59 bits per heavy atom. The fourth-order valence-electron chi connectivity index (χ4n) is 1.37. The lowest BCUT2D eigenvalue weighted by molar-refractivity contribution is -0.140. The van der Waals surface area contributed by atoms with Crippen LogP contribution in [0.4, 0.5) is 0 Å². The molecule has 0 N–H and O–H groups in total. The van der Waals surface area contributed by atoms with Crippen LogP contribution in [0.25, 0.3) is 0 Å². The van der Waals surface area contributed by atoms with E-state index in [2.05, 4.69) is 4.74 Å². The second-order valence-electron chi connectivity index (χ2n) is 3.69. The molecule has 0 unspecified atom stereocenters. The summed E-state index contributed by atoms with van der Waals surface area (Å²) in [4.78, 5) is 12.1. The summed E-state index contributed by atoms with van der Waals surface area (Å²) in [6, 6.07) is 7.87. The maximum atomic E-state index is 10.9. The van der Waals surface area contributed by atoms with Gasteiger partial charge in [-0.05, 0) is 42.9 Å². The summed E-state index contributed by atoms with van der Waals surface area (Å²) in [6.07, 6.45) is 3.62. The number of rotatable bonds is 7. The van der Waals surface area contributed by atoms with Gasteiger partial charge >= 0.3 is 5.97 Å². The van der Waals surface area contributed by atoms with Gasteiger partial charge in [-0.15, -0.1) is 11.8 Å². The van der Waals surface area contributed by atoms with E-state index >= 15 is 0 Å². The van der Waals surface area contributed by atoms with E-state index < -0.39 is 0 Å². The van der Waals surface area contributed by atoms with Gasteiger partial charge in [-0.2, -0.15) is 0 Å². The Morgan fingerprint density at radius 1 is 1.24 bits per heavy atom. The van der Waals surface area contributed by atoms with Crippen molar-refractivity contribution in [2.75, 3.05) is 12.9 Å². The molecule has 0 aromatic heterocycles. The second-order valence-corrected chi connectivity index (χ2v) is 5.29. The van der Waals surface area contributed by atoms with Crippen LogP contribution in [0.3, 0.4) is 0 Å². The van der Waals surface area contributed by atoms with E-state index in [1.54, 1.807) is 0 Å². The molecule has 0 amide bonds. The Labute approximate surface area is 112 Å². The number of ether oxygens (including phenoxy) is 1. The van der Waals surface area contributed by atoms with E-state index in [1.165, 1.54) is 12.0 Å². The average molecular weight is 273 g/mol. The number of hydrogen-bond donors (Lipinski definition) is 0. The molecule has 1 rings (SSSR count). The summed E-state index contributed by atoms with van der Waals surface area (Å²) in [5.74, 6) is 0.957. The predicted molar refractivity (Wildman–Crippen MR) is 72.7 cm³/mol. The fraction of sp³-hybridized carbons (Fsp3) is 0.462. The van der Waals surface area contributed by atoms with Crippen LogP contribution in [0.15, 0.2) is 29.2 Å². The highest BCUT2D eigenvalue weighted by molar-refractivity contribution is 7.99. The zero-order valence-electron chi connectivity index (χ0n) is 9.95. The third kappa shape index (κ3) is 6.59. The summed E-state index contributed by atoms with van der Waals surface area (Å²) >= 11 is 7.62. The maximum Gasteiger partial charge on any atom is 0.305 e. The lowest BCUT2D eigenvalue weighted by atomic mass is 10.2. The van der Waals surface area contributed by atoms with Crippen LogP contribution >= 0.6 is 23.4 Å². The van der Waals surface area contributed by atoms with Crippen LogP contribution in [-0.2, 0) is 9.53 Å². The van der Waals surface area contributed by atoms with E-state index in [4.69, 9.17) is 11.6 Å². The summed E-state index contributed by atoms with van der Waals surface area (Å²) in [5, 5.41) is 0.771. The standard InChI is InChI=1S/C13H17ClO2S/c1-16-13(15)5-3-2-4-10-17-12-8-6-11(14)7-9-12/h6-9H,2-5,10H2,1H3. The first-order valence-electron chi connectivity index (χ1n) is 5.67. The minimum atomic E-state index is -0.115. The van der Waals surface area contributed by atoms with Gasteiger partial charge in [0.15, 0.2) is 0 Å².